The molecule has 1 heterocycles. The van der Waals surface area contributed by atoms with Crippen molar-refractivity contribution in [2.75, 3.05) is 12.0 Å². The number of carboxylic acids is 1. The fourth-order valence-corrected chi connectivity index (χ4v) is 4.99. The summed E-state index contributed by atoms with van der Waals surface area (Å²) in [7, 11) is 0. The average molecular weight is 598 g/mol. The number of aromatic hydroxyl groups is 1. The summed E-state index contributed by atoms with van der Waals surface area (Å²) in [6.07, 6.45) is 4.24. The van der Waals surface area contributed by atoms with Crippen LogP contribution < -0.4 is 21.7 Å². The van der Waals surface area contributed by atoms with Crippen molar-refractivity contribution in [3.05, 3.63) is 65.9 Å². The number of carboxylic acid groups (broad SMARTS) is 1. The molecule has 0 aliphatic rings. The number of aromatic nitrogens is 1. The molecule has 4 atom stereocenters. The minimum absolute atomic E-state index is 0.0171. The Labute approximate surface area is 249 Å². The molecule has 3 rings (SSSR count). The number of carbonyl (C=O) groups excluding carboxylic acids is 3. The van der Waals surface area contributed by atoms with Crippen LogP contribution in [0.2, 0.25) is 0 Å². The summed E-state index contributed by atoms with van der Waals surface area (Å²) < 4.78 is 0. The number of nitrogens with two attached hydrogens (primary N) is 1. The van der Waals surface area contributed by atoms with Gasteiger partial charge in [-0.2, -0.15) is 11.8 Å². The highest BCUT2D eigenvalue weighted by Crippen LogP contribution is 2.20. The molecule has 0 aliphatic carbocycles. The zero-order chi connectivity index (χ0) is 30.8. The lowest BCUT2D eigenvalue weighted by Crippen LogP contribution is -2.58. The molecule has 0 fully saturated rings. The van der Waals surface area contributed by atoms with E-state index in [1.165, 1.54) is 12.1 Å². The van der Waals surface area contributed by atoms with Gasteiger partial charge in [-0.1, -0.05) is 44.2 Å². The average Bonchev–Trinajstić information content (AvgIpc) is 3.37. The molecular weight excluding hydrogens is 558 g/mol. The molecule has 42 heavy (non-hydrogen) atoms. The number of rotatable bonds is 15. The molecule has 8 N–H and O–H groups in total. The van der Waals surface area contributed by atoms with Gasteiger partial charge in [0.2, 0.25) is 17.7 Å². The Hall–Kier alpha value is -4.03. The summed E-state index contributed by atoms with van der Waals surface area (Å²) in [6, 6.07) is 9.43. The van der Waals surface area contributed by atoms with E-state index in [1.54, 1.807) is 43.9 Å². The van der Waals surface area contributed by atoms with Gasteiger partial charge in [-0.3, -0.25) is 14.4 Å². The SMILES string of the molecule is CSCCC(N)C(=O)NC(Cc1c[nH]c2ccccc12)C(=O)NC(Cc1ccc(O)cc1)C(=O)NC(C(=O)O)C(C)C. The van der Waals surface area contributed by atoms with Gasteiger partial charge in [0.1, 0.15) is 23.9 Å². The Morgan fingerprint density at radius 1 is 0.905 bits per heavy atom. The van der Waals surface area contributed by atoms with E-state index < -0.39 is 53.8 Å². The first kappa shape index (κ1) is 32.5. The van der Waals surface area contributed by atoms with Crippen LogP contribution in [0.15, 0.2) is 54.7 Å². The van der Waals surface area contributed by atoms with E-state index in [-0.39, 0.29) is 18.6 Å². The molecule has 0 radical (unpaired) electrons. The van der Waals surface area contributed by atoms with Crippen molar-refractivity contribution >= 4 is 46.4 Å². The second-order valence-corrected chi connectivity index (χ2v) is 11.5. The fraction of sp³-hybridized carbons (Fsp3) is 0.400. The third-order valence-electron chi connectivity index (χ3n) is 6.94. The molecule has 0 aliphatic heterocycles. The number of aromatic amines is 1. The Morgan fingerprint density at radius 2 is 1.52 bits per heavy atom. The second-order valence-electron chi connectivity index (χ2n) is 10.5. The minimum Gasteiger partial charge on any atom is -0.508 e. The smallest absolute Gasteiger partial charge is 0.326 e. The van der Waals surface area contributed by atoms with E-state index in [1.807, 2.05) is 30.5 Å². The number of phenols is 1. The highest BCUT2D eigenvalue weighted by molar-refractivity contribution is 7.98. The monoisotopic (exact) mass is 597 g/mol. The lowest BCUT2D eigenvalue weighted by molar-refractivity contribution is -0.143. The van der Waals surface area contributed by atoms with E-state index in [4.69, 9.17) is 5.73 Å². The van der Waals surface area contributed by atoms with E-state index >= 15 is 0 Å². The van der Waals surface area contributed by atoms with Gasteiger partial charge in [0.05, 0.1) is 6.04 Å². The quantitative estimate of drug-likeness (QED) is 0.138. The van der Waals surface area contributed by atoms with Crippen molar-refractivity contribution in [3.63, 3.8) is 0 Å². The Kier molecular flexibility index (Phi) is 11.8. The first-order valence-corrected chi connectivity index (χ1v) is 15.1. The fourth-order valence-electron chi connectivity index (χ4n) is 4.50. The van der Waals surface area contributed by atoms with Crippen LogP contribution in [0.4, 0.5) is 0 Å². The van der Waals surface area contributed by atoms with Gasteiger partial charge in [0.25, 0.3) is 0 Å². The molecule has 226 valence electrons. The van der Waals surface area contributed by atoms with Crippen molar-refractivity contribution < 1.29 is 29.4 Å². The molecular formula is C30H39N5O6S. The van der Waals surface area contributed by atoms with Crippen LogP contribution in [0.5, 0.6) is 5.75 Å². The van der Waals surface area contributed by atoms with Crippen LogP contribution in [0.3, 0.4) is 0 Å². The van der Waals surface area contributed by atoms with Crippen LogP contribution in [0.1, 0.15) is 31.4 Å². The number of thioether (sulfide) groups is 1. The van der Waals surface area contributed by atoms with Crippen molar-refractivity contribution in [1.29, 1.82) is 0 Å². The van der Waals surface area contributed by atoms with Gasteiger partial charge in [-0.25, -0.2) is 4.79 Å². The minimum atomic E-state index is -1.20. The van der Waals surface area contributed by atoms with Gasteiger partial charge in [0.15, 0.2) is 0 Å². The largest absolute Gasteiger partial charge is 0.508 e. The number of aliphatic carboxylic acids is 1. The molecule has 3 amide bonds. The summed E-state index contributed by atoms with van der Waals surface area (Å²) in [5, 5.41) is 28.2. The van der Waals surface area contributed by atoms with Crippen molar-refractivity contribution in [2.24, 2.45) is 11.7 Å². The number of nitrogens with one attached hydrogen (secondary N) is 4. The number of carbonyl (C=O) groups is 4. The van der Waals surface area contributed by atoms with E-state index in [9.17, 15) is 29.4 Å². The lowest BCUT2D eigenvalue weighted by Gasteiger charge is -2.26. The predicted molar refractivity (Wildman–Crippen MR) is 163 cm³/mol. The Bertz CT molecular complexity index is 1380. The van der Waals surface area contributed by atoms with Crippen LogP contribution in [-0.4, -0.2) is 75.1 Å². The summed E-state index contributed by atoms with van der Waals surface area (Å²) in [6.45, 7) is 3.33. The number of amides is 3. The summed E-state index contributed by atoms with van der Waals surface area (Å²) in [4.78, 5) is 55.1. The van der Waals surface area contributed by atoms with Crippen LogP contribution in [0.25, 0.3) is 10.9 Å². The third-order valence-corrected chi connectivity index (χ3v) is 7.59. The number of fused-ring (bicyclic) bond motifs is 1. The van der Waals surface area contributed by atoms with Gasteiger partial charge >= 0.3 is 5.97 Å². The number of hydrogen-bond acceptors (Lipinski definition) is 7. The first-order chi connectivity index (χ1) is 20.0. The topological polar surface area (TPSA) is 187 Å². The van der Waals surface area contributed by atoms with Gasteiger partial charge in [-0.15, -0.1) is 0 Å². The zero-order valence-corrected chi connectivity index (χ0v) is 24.7. The maximum absolute atomic E-state index is 13.8. The number of benzene rings is 2. The molecule has 3 aromatic rings. The van der Waals surface area contributed by atoms with E-state index in [0.717, 1.165) is 16.5 Å². The molecule has 4 unspecified atom stereocenters. The highest BCUT2D eigenvalue weighted by atomic mass is 32.2. The molecule has 11 nitrogen and oxygen atoms in total. The van der Waals surface area contributed by atoms with Gasteiger partial charge < -0.3 is 36.9 Å². The number of H-pyrrole nitrogens is 1. The van der Waals surface area contributed by atoms with E-state index in [2.05, 4.69) is 20.9 Å². The first-order valence-electron chi connectivity index (χ1n) is 13.7. The van der Waals surface area contributed by atoms with E-state index in [0.29, 0.717) is 17.7 Å². The Morgan fingerprint density at radius 3 is 2.17 bits per heavy atom. The van der Waals surface area contributed by atoms with Crippen molar-refractivity contribution in [1.82, 2.24) is 20.9 Å². The number of hydrogen-bond donors (Lipinski definition) is 7. The molecule has 0 bridgehead atoms. The molecule has 1 aromatic heterocycles. The maximum Gasteiger partial charge on any atom is 0.326 e. The number of para-hydroxylation sites is 1. The number of phenolic OH excluding ortho intramolecular Hbond substituents is 1. The maximum atomic E-state index is 13.8. The van der Waals surface area contributed by atoms with Gasteiger partial charge in [-0.05, 0) is 53.7 Å². The summed E-state index contributed by atoms with van der Waals surface area (Å²) in [5.74, 6) is -2.70. The summed E-state index contributed by atoms with van der Waals surface area (Å²) >= 11 is 1.55. The Balaban J connectivity index is 1.90. The molecule has 0 saturated carbocycles. The van der Waals surface area contributed by atoms with Crippen molar-refractivity contribution in [2.45, 2.75) is 57.3 Å². The van der Waals surface area contributed by atoms with Crippen LogP contribution >= 0.6 is 11.8 Å². The highest BCUT2D eigenvalue weighted by Gasteiger charge is 2.32. The normalized spacial score (nSPS) is 14.1. The van der Waals surface area contributed by atoms with Gasteiger partial charge in [0, 0.05) is 29.9 Å². The second kappa shape index (κ2) is 15.3. The standard InChI is InChI=1S/C30H39N5O6S/c1-17(2)26(30(40)41)35-29(39)24(14-18-8-10-20(36)11-9-18)34-28(38)25(33-27(37)22(31)12-13-42-3)15-19-16-32-23-7-5-4-6-21(19)23/h4-11,16-17,22,24-26,32,36H,12-15,31H2,1-3H3,(H,33,37)(H,34,38)(H,35,39)(H,40,41). The molecule has 2 aromatic carbocycles. The van der Waals surface area contributed by atoms with Crippen molar-refractivity contribution in [3.8, 4) is 5.75 Å². The summed E-state index contributed by atoms with van der Waals surface area (Å²) in [5.41, 5.74) is 8.37. The lowest BCUT2D eigenvalue weighted by atomic mass is 10.00. The molecule has 0 spiro atoms. The van der Waals surface area contributed by atoms with Crippen LogP contribution in [0, 0.1) is 5.92 Å². The zero-order valence-electron chi connectivity index (χ0n) is 23.9. The molecule has 12 heteroatoms. The van der Waals surface area contributed by atoms with Crippen LogP contribution in [-0.2, 0) is 32.0 Å². The molecule has 0 saturated heterocycles. The third kappa shape index (κ3) is 8.98. The predicted octanol–water partition coefficient (Wildman–Crippen LogP) is 1.93.